The summed E-state index contributed by atoms with van der Waals surface area (Å²) in [6, 6.07) is 3.38. The fourth-order valence-electron chi connectivity index (χ4n) is 1.84. The largest absolute Gasteiger partial charge is 0.397 e. The van der Waals surface area contributed by atoms with Crippen LogP contribution >= 0.6 is 0 Å². The van der Waals surface area contributed by atoms with Crippen molar-refractivity contribution in [3.8, 4) is 0 Å². The van der Waals surface area contributed by atoms with Crippen molar-refractivity contribution >= 4 is 15.7 Å². The molecule has 5 nitrogen and oxygen atoms in total. The topological polar surface area (TPSA) is 81.4 Å². The van der Waals surface area contributed by atoms with Gasteiger partial charge in [-0.25, -0.2) is 13.1 Å². The quantitative estimate of drug-likeness (QED) is 0.778. The first-order chi connectivity index (χ1) is 8.79. The summed E-state index contributed by atoms with van der Waals surface area (Å²) < 4.78 is 32.3. The first-order valence-corrected chi connectivity index (χ1v) is 7.65. The molecule has 1 unspecified atom stereocenters. The molecule has 0 radical (unpaired) electrons. The Balaban J connectivity index is 3.04. The van der Waals surface area contributed by atoms with Crippen molar-refractivity contribution in [2.45, 2.75) is 38.1 Å². The van der Waals surface area contributed by atoms with Gasteiger partial charge in [0.05, 0.1) is 5.69 Å². The highest BCUT2D eigenvalue weighted by Gasteiger charge is 2.23. The maximum absolute atomic E-state index is 12.4. The highest BCUT2D eigenvalue weighted by molar-refractivity contribution is 7.89. The zero-order chi connectivity index (χ0) is 14.6. The maximum Gasteiger partial charge on any atom is 0.243 e. The molecule has 0 bridgehead atoms. The van der Waals surface area contributed by atoms with E-state index in [0.29, 0.717) is 24.3 Å². The Morgan fingerprint density at radius 1 is 1.32 bits per heavy atom. The molecule has 0 aliphatic rings. The second-order valence-corrected chi connectivity index (χ2v) is 6.40. The zero-order valence-electron chi connectivity index (χ0n) is 11.9. The number of benzene rings is 1. The first-order valence-electron chi connectivity index (χ1n) is 6.16. The molecule has 108 valence electrons. The van der Waals surface area contributed by atoms with Crippen LogP contribution in [-0.4, -0.2) is 28.2 Å². The summed E-state index contributed by atoms with van der Waals surface area (Å²) in [5, 5.41) is 0. The molecule has 0 aliphatic carbocycles. The van der Waals surface area contributed by atoms with Crippen LogP contribution in [0.1, 0.15) is 24.5 Å². The van der Waals surface area contributed by atoms with Crippen molar-refractivity contribution in [2.75, 3.05) is 19.5 Å². The average Bonchev–Trinajstić information content (AvgIpc) is 2.31. The summed E-state index contributed by atoms with van der Waals surface area (Å²) in [6.45, 7) is 5.84. The summed E-state index contributed by atoms with van der Waals surface area (Å²) in [6.07, 6.45) is 0.612. The number of aryl methyl sites for hydroxylation is 2. The monoisotopic (exact) mass is 286 g/mol. The Hall–Kier alpha value is -1.11. The van der Waals surface area contributed by atoms with Gasteiger partial charge in [-0.3, -0.25) is 0 Å². The third-order valence-corrected chi connectivity index (χ3v) is 4.78. The molecule has 1 aromatic carbocycles. The maximum atomic E-state index is 12.4. The van der Waals surface area contributed by atoms with E-state index in [4.69, 9.17) is 10.5 Å². The number of nitrogens with two attached hydrogens (primary N) is 1. The van der Waals surface area contributed by atoms with E-state index in [0.717, 1.165) is 5.56 Å². The van der Waals surface area contributed by atoms with E-state index < -0.39 is 10.0 Å². The second-order valence-electron chi connectivity index (χ2n) is 4.75. The standard InChI is InChI=1S/C13H22N2O3S/c1-9-5-6-10(2)13(12(9)14)19(16,17)15-11(3)7-8-18-4/h5-6,11,15H,7-8,14H2,1-4H3. The van der Waals surface area contributed by atoms with Gasteiger partial charge in [0, 0.05) is 19.8 Å². The predicted molar refractivity (Wildman–Crippen MR) is 76.6 cm³/mol. The summed E-state index contributed by atoms with van der Waals surface area (Å²) in [5.74, 6) is 0. The van der Waals surface area contributed by atoms with Crippen LogP contribution in [-0.2, 0) is 14.8 Å². The van der Waals surface area contributed by atoms with Crippen molar-refractivity contribution in [3.05, 3.63) is 23.3 Å². The summed E-state index contributed by atoms with van der Waals surface area (Å²) in [4.78, 5) is 0.178. The van der Waals surface area contributed by atoms with Crippen molar-refractivity contribution in [2.24, 2.45) is 0 Å². The molecule has 0 heterocycles. The van der Waals surface area contributed by atoms with Crippen molar-refractivity contribution in [1.29, 1.82) is 0 Å². The van der Waals surface area contributed by atoms with Crippen molar-refractivity contribution in [1.82, 2.24) is 4.72 Å². The molecule has 0 aromatic heterocycles. The van der Waals surface area contributed by atoms with E-state index in [2.05, 4.69) is 4.72 Å². The van der Waals surface area contributed by atoms with E-state index in [1.165, 1.54) is 0 Å². The molecule has 1 rings (SSSR count). The van der Waals surface area contributed by atoms with E-state index in [-0.39, 0.29) is 10.9 Å². The number of hydrogen-bond donors (Lipinski definition) is 2. The van der Waals surface area contributed by atoms with Gasteiger partial charge in [0.1, 0.15) is 4.90 Å². The van der Waals surface area contributed by atoms with E-state index in [1.54, 1.807) is 33.9 Å². The molecule has 0 amide bonds. The van der Waals surface area contributed by atoms with Crippen molar-refractivity contribution < 1.29 is 13.2 Å². The molecule has 0 saturated carbocycles. The SMILES string of the molecule is COCCC(C)NS(=O)(=O)c1c(C)ccc(C)c1N. The Labute approximate surface area is 115 Å². The van der Waals surface area contributed by atoms with Gasteiger partial charge >= 0.3 is 0 Å². The van der Waals surface area contributed by atoms with Gasteiger partial charge in [0.15, 0.2) is 0 Å². The number of nitrogen functional groups attached to an aromatic ring is 1. The number of anilines is 1. The van der Waals surface area contributed by atoms with Crippen LogP contribution in [0, 0.1) is 13.8 Å². The Bertz CT molecular complexity index is 541. The van der Waals surface area contributed by atoms with Gasteiger partial charge in [-0.15, -0.1) is 0 Å². The van der Waals surface area contributed by atoms with Gasteiger partial charge in [-0.2, -0.15) is 0 Å². The summed E-state index contributed by atoms with van der Waals surface area (Å²) in [7, 11) is -2.02. The van der Waals surface area contributed by atoms with Crippen LogP contribution in [0.25, 0.3) is 0 Å². The Morgan fingerprint density at radius 2 is 1.89 bits per heavy atom. The average molecular weight is 286 g/mol. The van der Waals surface area contributed by atoms with Gasteiger partial charge in [-0.1, -0.05) is 12.1 Å². The second kappa shape index (κ2) is 6.36. The molecule has 0 saturated heterocycles. The van der Waals surface area contributed by atoms with E-state index in [1.807, 2.05) is 6.07 Å². The Kier molecular flexibility index (Phi) is 5.34. The first kappa shape index (κ1) is 15.9. The van der Waals surface area contributed by atoms with E-state index >= 15 is 0 Å². The lowest BCUT2D eigenvalue weighted by Gasteiger charge is -2.17. The van der Waals surface area contributed by atoms with Gasteiger partial charge in [0.2, 0.25) is 10.0 Å². The molecule has 19 heavy (non-hydrogen) atoms. The zero-order valence-corrected chi connectivity index (χ0v) is 12.7. The molecule has 3 N–H and O–H groups in total. The minimum atomic E-state index is -3.60. The highest BCUT2D eigenvalue weighted by atomic mass is 32.2. The van der Waals surface area contributed by atoms with Gasteiger partial charge in [-0.05, 0) is 38.3 Å². The smallest absolute Gasteiger partial charge is 0.243 e. The number of nitrogens with one attached hydrogen (secondary N) is 1. The lowest BCUT2D eigenvalue weighted by molar-refractivity contribution is 0.188. The Morgan fingerprint density at radius 3 is 2.47 bits per heavy atom. The summed E-state index contributed by atoms with van der Waals surface area (Å²) >= 11 is 0. The fraction of sp³-hybridized carbons (Fsp3) is 0.538. The van der Waals surface area contributed by atoms with Crippen LogP contribution in [0.3, 0.4) is 0 Å². The fourth-order valence-corrected chi connectivity index (χ4v) is 3.55. The molecule has 0 spiro atoms. The lowest BCUT2D eigenvalue weighted by atomic mass is 10.1. The third kappa shape index (κ3) is 3.92. The number of rotatable bonds is 6. The molecular weight excluding hydrogens is 264 g/mol. The molecule has 6 heteroatoms. The van der Waals surface area contributed by atoms with Crippen LogP contribution in [0.4, 0.5) is 5.69 Å². The van der Waals surface area contributed by atoms with Crippen LogP contribution in [0.15, 0.2) is 17.0 Å². The molecule has 0 aliphatic heterocycles. The van der Waals surface area contributed by atoms with Crippen molar-refractivity contribution in [3.63, 3.8) is 0 Å². The van der Waals surface area contributed by atoms with Crippen LogP contribution < -0.4 is 10.5 Å². The number of hydrogen-bond acceptors (Lipinski definition) is 4. The normalized spacial score (nSPS) is 13.5. The molecule has 1 atom stereocenters. The molecule has 0 fully saturated rings. The van der Waals surface area contributed by atoms with Gasteiger partial charge < -0.3 is 10.5 Å². The van der Waals surface area contributed by atoms with Gasteiger partial charge in [0.25, 0.3) is 0 Å². The number of ether oxygens (including phenoxy) is 1. The van der Waals surface area contributed by atoms with E-state index in [9.17, 15) is 8.42 Å². The predicted octanol–water partition coefficient (Wildman–Crippen LogP) is 1.59. The van der Waals surface area contributed by atoms with Crippen LogP contribution in [0.5, 0.6) is 0 Å². The third-order valence-electron chi connectivity index (χ3n) is 2.99. The minimum absolute atomic E-state index is 0.178. The minimum Gasteiger partial charge on any atom is -0.397 e. The summed E-state index contributed by atoms with van der Waals surface area (Å²) in [5.41, 5.74) is 7.62. The molecular formula is C13H22N2O3S. The number of methoxy groups -OCH3 is 1. The van der Waals surface area contributed by atoms with Crippen LogP contribution in [0.2, 0.25) is 0 Å². The lowest BCUT2D eigenvalue weighted by Crippen LogP contribution is -2.34. The highest BCUT2D eigenvalue weighted by Crippen LogP contribution is 2.25. The molecule has 1 aromatic rings. The number of sulfonamides is 1.